The standard InChI is InChI=1S/C14H16N4/c1-4-10-5-6-13(18(10)3)14-11-8-15-9(2)7-12(11)16-17-14/h5-8H,4H2,1-3H3,(H,16,17). The maximum atomic E-state index is 4.43. The Morgan fingerprint density at radius 3 is 2.89 bits per heavy atom. The Hall–Kier alpha value is -2.10. The number of hydrogen-bond acceptors (Lipinski definition) is 2. The Morgan fingerprint density at radius 2 is 2.17 bits per heavy atom. The summed E-state index contributed by atoms with van der Waals surface area (Å²) in [5, 5.41) is 8.58. The fourth-order valence-corrected chi connectivity index (χ4v) is 2.36. The van der Waals surface area contributed by atoms with Crippen molar-refractivity contribution < 1.29 is 0 Å². The normalized spacial score (nSPS) is 11.3. The molecule has 4 nitrogen and oxygen atoms in total. The second-order valence-electron chi connectivity index (χ2n) is 4.57. The van der Waals surface area contributed by atoms with Crippen LogP contribution in [0.3, 0.4) is 0 Å². The molecule has 0 radical (unpaired) electrons. The van der Waals surface area contributed by atoms with E-state index in [-0.39, 0.29) is 0 Å². The molecule has 3 heterocycles. The molecule has 0 bridgehead atoms. The van der Waals surface area contributed by atoms with E-state index in [2.05, 4.69) is 45.9 Å². The highest BCUT2D eigenvalue weighted by molar-refractivity contribution is 5.91. The van der Waals surface area contributed by atoms with E-state index in [1.807, 2.05) is 19.2 Å². The monoisotopic (exact) mass is 240 g/mol. The summed E-state index contributed by atoms with van der Waals surface area (Å²) in [7, 11) is 2.08. The van der Waals surface area contributed by atoms with Gasteiger partial charge >= 0.3 is 0 Å². The Labute approximate surface area is 106 Å². The number of aryl methyl sites for hydroxylation is 2. The van der Waals surface area contributed by atoms with Crippen molar-refractivity contribution >= 4 is 10.9 Å². The van der Waals surface area contributed by atoms with Crippen LogP contribution in [-0.4, -0.2) is 19.7 Å². The summed E-state index contributed by atoms with van der Waals surface area (Å²) in [5.74, 6) is 0. The molecule has 0 aliphatic heterocycles. The first-order valence-corrected chi connectivity index (χ1v) is 6.16. The van der Waals surface area contributed by atoms with Gasteiger partial charge in [0.25, 0.3) is 0 Å². The predicted molar refractivity (Wildman–Crippen MR) is 72.4 cm³/mol. The van der Waals surface area contributed by atoms with Crippen LogP contribution in [0.1, 0.15) is 18.3 Å². The van der Waals surface area contributed by atoms with Crippen molar-refractivity contribution in [3.05, 3.63) is 35.8 Å². The molecule has 0 saturated carbocycles. The molecule has 0 fully saturated rings. The van der Waals surface area contributed by atoms with Crippen molar-refractivity contribution in [3.63, 3.8) is 0 Å². The van der Waals surface area contributed by atoms with Gasteiger partial charge in [0, 0.05) is 30.0 Å². The Kier molecular flexibility index (Phi) is 2.44. The van der Waals surface area contributed by atoms with Gasteiger partial charge in [-0.2, -0.15) is 5.10 Å². The van der Waals surface area contributed by atoms with Gasteiger partial charge in [0.15, 0.2) is 0 Å². The molecule has 0 aromatic carbocycles. The number of pyridine rings is 1. The number of nitrogens with one attached hydrogen (secondary N) is 1. The highest BCUT2D eigenvalue weighted by Gasteiger charge is 2.12. The molecular weight excluding hydrogens is 224 g/mol. The molecule has 0 spiro atoms. The topological polar surface area (TPSA) is 46.5 Å². The molecule has 3 rings (SSSR count). The first-order valence-electron chi connectivity index (χ1n) is 6.16. The lowest BCUT2D eigenvalue weighted by atomic mass is 10.2. The summed E-state index contributed by atoms with van der Waals surface area (Å²) in [4.78, 5) is 4.35. The molecular formula is C14H16N4. The second-order valence-corrected chi connectivity index (χ2v) is 4.57. The lowest BCUT2D eigenvalue weighted by molar-refractivity contribution is 0.841. The fraction of sp³-hybridized carbons (Fsp3) is 0.286. The minimum atomic E-state index is 0.972. The number of fused-ring (bicyclic) bond motifs is 1. The van der Waals surface area contributed by atoms with Crippen LogP contribution in [0, 0.1) is 6.92 Å². The number of nitrogens with zero attached hydrogens (tertiary/aromatic N) is 3. The molecule has 3 aromatic heterocycles. The fourth-order valence-electron chi connectivity index (χ4n) is 2.36. The zero-order valence-corrected chi connectivity index (χ0v) is 10.9. The minimum absolute atomic E-state index is 0.972. The molecule has 4 heteroatoms. The van der Waals surface area contributed by atoms with Gasteiger partial charge in [0.1, 0.15) is 5.69 Å². The molecule has 0 amide bonds. The van der Waals surface area contributed by atoms with Gasteiger partial charge in [-0.1, -0.05) is 6.92 Å². The SMILES string of the molecule is CCc1ccc(-c2n[nH]c3cc(C)ncc23)n1C. The van der Waals surface area contributed by atoms with Crippen molar-refractivity contribution in [2.75, 3.05) is 0 Å². The summed E-state index contributed by atoms with van der Waals surface area (Å²) in [6.45, 7) is 4.14. The lowest BCUT2D eigenvalue weighted by Gasteiger charge is -2.04. The zero-order valence-electron chi connectivity index (χ0n) is 10.9. The first-order chi connectivity index (χ1) is 8.70. The number of rotatable bonds is 2. The third kappa shape index (κ3) is 1.53. The van der Waals surface area contributed by atoms with Crippen LogP contribution >= 0.6 is 0 Å². The van der Waals surface area contributed by atoms with Crippen molar-refractivity contribution in [2.45, 2.75) is 20.3 Å². The van der Waals surface area contributed by atoms with E-state index in [1.165, 1.54) is 5.69 Å². The molecule has 0 aliphatic rings. The summed E-state index contributed by atoms with van der Waals surface area (Å²) in [5.41, 5.74) is 5.44. The molecule has 1 N–H and O–H groups in total. The second kappa shape index (κ2) is 3.98. The quantitative estimate of drug-likeness (QED) is 0.748. The Morgan fingerprint density at radius 1 is 1.33 bits per heavy atom. The zero-order chi connectivity index (χ0) is 12.7. The number of hydrogen-bond donors (Lipinski definition) is 1. The Bertz CT molecular complexity index is 706. The number of H-pyrrole nitrogens is 1. The molecule has 92 valence electrons. The Balaban J connectivity index is 2.22. The van der Waals surface area contributed by atoms with Crippen LogP contribution in [-0.2, 0) is 13.5 Å². The molecule has 0 aliphatic carbocycles. The summed E-state index contributed by atoms with van der Waals surface area (Å²) in [6.07, 6.45) is 2.92. The smallest absolute Gasteiger partial charge is 0.118 e. The summed E-state index contributed by atoms with van der Waals surface area (Å²) < 4.78 is 2.19. The van der Waals surface area contributed by atoms with Crippen LogP contribution in [0.4, 0.5) is 0 Å². The van der Waals surface area contributed by atoms with E-state index in [0.29, 0.717) is 0 Å². The summed E-state index contributed by atoms with van der Waals surface area (Å²) in [6, 6.07) is 6.29. The van der Waals surface area contributed by atoms with E-state index in [9.17, 15) is 0 Å². The molecule has 18 heavy (non-hydrogen) atoms. The molecule has 0 atom stereocenters. The van der Waals surface area contributed by atoms with Crippen LogP contribution in [0.2, 0.25) is 0 Å². The minimum Gasteiger partial charge on any atom is -0.346 e. The molecule has 0 unspecified atom stereocenters. The highest BCUT2D eigenvalue weighted by Crippen LogP contribution is 2.27. The average Bonchev–Trinajstić information content (AvgIpc) is 2.92. The van der Waals surface area contributed by atoms with Crippen molar-refractivity contribution in [3.8, 4) is 11.4 Å². The first kappa shape index (κ1) is 11.0. The molecule has 0 saturated heterocycles. The van der Waals surface area contributed by atoms with Crippen molar-refractivity contribution in [2.24, 2.45) is 7.05 Å². The lowest BCUT2D eigenvalue weighted by Crippen LogP contribution is -1.97. The van der Waals surface area contributed by atoms with Crippen molar-refractivity contribution in [1.82, 2.24) is 19.7 Å². The highest BCUT2D eigenvalue weighted by atomic mass is 15.1. The van der Waals surface area contributed by atoms with Gasteiger partial charge in [0.05, 0.1) is 11.2 Å². The molecule has 3 aromatic rings. The van der Waals surface area contributed by atoms with Gasteiger partial charge in [0.2, 0.25) is 0 Å². The third-order valence-corrected chi connectivity index (χ3v) is 3.41. The van der Waals surface area contributed by atoms with Crippen LogP contribution < -0.4 is 0 Å². The van der Waals surface area contributed by atoms with Crippen LogP contribution in [0.5, 0.6) is 0 Å². The maximum Gasteiger partial charge on any atom is 0.118 e. The van der Waals surface area contributed by atoms with Gasteiger partial charge < -0.3 is 4.57 Å². The van der Waals surface area contributed by atoms with E-state index in [1.54, 1.807) is 0 Å². The third-order valence-electron chi connectivity index (χ3n) is 3.41. The van der Waals surface area contributed by atoms with E-state index in [0.717, 1.165) is 34.4 Å². The average molecular weight is 240 g/mol. The van der Waals surface area contributed by atoms with E-state index in [4.69, 9.17) is 0 Å². The van der Waals surface area contributed by atoms with E-state index >= 15 is 0 Å². The maximum absolute atomic E-state index is 4.43. The van der Waals surface area contributed by atoms with Gasteiger partial charge in [-0.3, -0.25) is 10.1 Å². The number of aromatic amines is 1. The number of aromatic nitrogens is 4. The van der Waals surface area contributed by atoms with Gasteiger partial charge in [-0.25, -0.2) is 0 Å². The van der Waals surface area contributed by atoms with Gasteiger partial charge in [-0.05, 0) is 31.5 Å². The van der Waals surface area contributed by atoms with Crippen LogP contribution in [0.15, 0.2) is 24.4 Å². The van der Waals surface area contributed by atoms with Crippen LogP contribution in [0.25, 0.3) is 22.3 Å². The van der Waals surface area contributed by atoms with Gasteiger partial charge in [-0.15, -0.1) is 0 Å². The predicted octanol–water partition coefficient (Wildman–Crippen LogP) is 2.83. The van der Waals surface area contributed by atoms with Crippen molar-refractivity contribution in [1.29, 1.82) is 0 Å². The van der Waals surface area contributed by atoms with E-state index < -0.39 is 0 Å². The summed E-state index contributed by atoms with van der Waals surface area (Å²) >= 11 is 0. The largest absolute Gasteiger partial charge is 0.346 e.